The predicted octanol–water partition coefficient (Wildman–Crippen LogP) is 0.659. The lowest BCUT2D eigenvalue weighted by Crippen LogP contribution is -2.47. The van der Waals surface area contributed by atoms with E-state index in [0.29, 0.717) is 6.42 Å². The van der Waals surface area contributed by atoms with Gasteiger partial charge >= 0.3 is 0 Å². The molecule has 0 radical (unpaired) electrons. The zero-order chi connectivity index (χ0) is 11.3. The molecule has 1 unspecified atom stereocenters. The third-order valence-corrected chi connectivity index (χ3v) is 1.88. The van der Waals surface area contributed by atoms with E-state index in [1.54, 1.807) is 0 Å². The van der Waals surface area contributed by atoms with Crippen molar-refractivity contribution in [3.05, 3.63) is 0 Å². The normalized spacial score (nSPS) is 13.0. The van der Waals surface area contributed by atoms with Crippen molar-refractivity contribution in [3.63, 3.8) is 0 Å². The zero-order valence-electron chi connectivity index (χ0n) is 9.33. The van der Waals surface area contributed by atoms with Crippen molar-refractivity contribution in [1.29, 1.82) is 0 Å². The van der Waals surface area contributed by atoms with Gasteiger partial charge in [0.2, 0.25) is 11.8 Å². The Hall–Kier alpha value is -1.06. The van der Waals surface area contributed by atoms with E-state index in [-0.39, 0.29) is 17.7 Å². The van der Waals surface area contributed by atoms with Gasteiger partial charge in [0.25, 0.3) is 0 Å². The third kappa shape index (κ3) is 4.84. The Labute approximate surface area is 85.2 Å². The van der Waals surface area contributed by atoms with Gasteiger partial charge in [-0.1, -0.05) is 27.7 Å². The average molecular weight is 200 g/mol. The highest BCUT2D eigenvalue weighted by Crippen LogP contribution is 2.03. The van der Waals surface area contributed by atoms with E-state index in [0.717, 1.165) is 0 Å². The molecule has 0 heterocycles. The van der Waals surface area contributed by atoms with Crippen LogP contribution >= 0.6 is 0 Å². The Morgan fingerprint density at radius 1 is 1.21 bits per heavy atom. The summed E-state index contributed by atoms with van der Waals surface area (Å²) in [4.78, 5) is 22.3. The van der Waals surface area contributed by atoms with Crippen LogP contribution in [0.15, 0.2) is 0 Å². The standard InChI is InChI=1S/C10H20N2O2/c1-6(2)5-8(13)12-9(7(3)4)10(11)14/h6-7,9H,5H2,1-4H3,(H2,11,14)(H,12,13). The number of amides is 2. The van der Waals surface area contributed by atoms with Crippen molar-refractivity contribution in [2.24, 2.45) is 17.6 Å². The lowest BCUT2D eigenvalue weighted by molar-refractivity contribution is -0.128. The molecule has 0 aliphatic heterocycles. The van der Waals surface area contributed by atoms with Gasteiger partial charge in [-0.2, -0.15) is 0 Å². The Bertz CT molecular complexity index is 212. The fourth-order valence-corrected chi connectivity index (χ4v) is 1.17. The number of hydrogen-bond donors (Lipinski definition) is 2. The largest absolute Gasteiger partial charge is 0.368 e. The van der Waals surface area contributed by atoms with Crippen LogP contribution in [0.3, 0.4) is 0 Å². The molecule has 0 aromatic heterocycles. The van der Waals surface area contributed by atoms with Gasteiger partial charge in [0.1, 0.15) is 6.04 Å². The van der Waals surface area contributed by atoms with E-state index < -0.39 is 11.9 Å². The Morgan fingerprint density at radius 3 is 2.00 bits per heavy atom. The fourth-order valence-electron chi connectivity index (χ4n) is 1.17. The molecule has 0 saturated carbocycles. The summed E-state index contributed by atoms with van der Waals surface area (Å²) in [6.07, 6.45) is 0.427. The lowest BCUT2D eigenvalue weighted by atomic mass is 10.0. The molecule has 0 spiro atoms. The van der Waals surface area contributed by atoms with E-state index >= 15 is 0 Å². The molecule has 0 bridgehead atoms. The molecule has 0 aromatic carbocycles. The average Bonchev–Trinajstić information content (AvgIpc) is 1.97. The van der Waals surface area contributed by atoms with Crippen molar-refractivity contribution < 1.29 is 9.59 Å². The van der Waals surface area contributed by atoms with Crippen molar-refractivity contribution >= 4 is 11.8 Å². The second kappa shape index (κ2) is 5.62. The van der Waals surface area contributed by atoms with Crippen LogP contribution in [0.5, 0.6) is 0 Å². The molecule has 0 aromatic rings. The minimum atomic E-state index is -0.554. The minimum absolute atomic E-state index is 0.0311. The molecular formula is C10H20N2O2. The maximum atomic E-state index is 11.4. The molecule has 1 atom stereocenters. The van der Waals surface area contributed by atoms with Gasteiger partial charge in [0.15, 0.2) is 0 Å². The van der Waals surface area contributed by atoms with Crippen LogP contribution in [0, 0.1) is 11.8 Å². The van der Waals surface area contributed by atoms with Crippen molar-refractivity contribution in [3.8, 4) is 0 Å². The molecular weight excluding hydrogens is 180 g/mol. The first-order valence-electron chi connectivity index (χ1n) is 4.93. The highest BCUT2D eigenvalue weighted by atomic mass is 16.2. The minimum Gasteiger partial charge on any atom is -0.368 e. The third-order valence-electron chi connectivity index (χ3n) is 1.88. The smallest absolute Gasteiger partial charge is 0.240 e. The molecule has 3 N–H and O–H groups in total. The van der Waals surface area contributed by atoms with Gasteiger partial charge < -0.3 is 11.1 Å². The maximum Gasteiger partial charge on any atom is 0.240 e. The molecule has 0 fully saturated rings. The molecule has 0 saturated heterocycles. The van der Waals surface area contributed by atoms with Crippen LogP contribution in [0.2, 0.25) is 0 Å². The zero-order valence-corrected chi connectivity index (χ0v) is 9.33. The summed E-state index contributed by atoms with van der Waals surface area (Å²) < 4.78 is 0. The molecule has 4 heteroatoms. The lowest BCUT2D eigenvalue weighted by Gasteiger charge is -2.19. The van der Waals surface area contributed by atoms with Gasteiger partial charge in [0.05, 0.1) is 0 Å². The Kier molecular flexibility index (Phi) is 5.20. The molecule has 14 heavy (non-hydrogen) atoms. The quantitative estimate of drug-likeness (QED) is 0.684. The van der Waals surface area contributed by atoms with Gasteiger partial charge in [-0.25, -0.2) is 0 Å². The first-order valence-corrected chi connectivity index (χ1v) is 4.93. The van der Waals surface area contributed by atoms with E-state index in [1.807, 2.05) is 27.7 Å². The number of carbonyl (C=O) groups excluding carboxylic acids is 2. The summed E-state index contributed by atoms with van der Waals surface area (Å²) in [5.41, 5.74) is 5.16. The number of primary amides is 1. The Balaban J connectivity index is 4.17. The van der Waals surface area contributed by atoms with Crippen LogP contribution in [-0.2, 0) is 9.59 Å². The highest BCUT2D eigenvalue weighted by Gasteiger charge is 2.21. The summed E-state index contributed by atoms with van der Waals surface area (Å²) in [6, 6.07) is -0.554. The monoisotopic (exact) mass is 200 g/mol. The summed E-state index contributed by atoms with van der Waals surface area (Å²) in [5.74, 6) is -0.270. The van der Waals surface area contributed by atoms with Gasteiger partial charge in [0, 0.05) is 6.42 Å². The summed E-state index contributed by atoms with van der Waals surface area (Å²) in [7, 11) is 0. The molecule has 82 valence electrons. The molecule has 0 aliphatic carbocycles. The van der Waals surface area contributed by atoms with Crippen LogP contribution in [0.4, 0.5) is 0 Å². The summed E-state index contributed by atoms with van der Waals surface area (Å²) in [6.45, 7) is 7.61. The van der Waals surface area contributed by atoms with Crippen LogP contribution in [0.25, 0.3) is 0 Å². The van der Waals surface area contributed by atoms with E-state index in [2.05, 4.69) is 5.32 Å². The molecule has 2 amide bonds. The first kappa shape index (κ1) is 12.9. The number of hydrogen-bond acceptors (Lipinski definition) is 2. The molecule has 4 nitrogen and oxygen atoms in total. The predicted molar refractivity (Wildman–Crippen MR) is 55.4 cm³/mol. The fraction of sp³-hybridized carbons (Fsp3) is 0.800. The molecule has 0 aliphatic rings. The topological polar surface area (TPSA) is 72.2 Å². The van der Waals surface area contributed by atoms with Crippen molar-refractivity contribution in [1.82, 2.24) is 5.32 Å². The van der Waals surface area contributed by atoms with E-state index in [4.69, 9.17) is 5.73 Å². The number of rotatable bonds is 5. The van der Waals surface area contributed by atoms with Crippen LogP contribution < -0.4 is 11.1 Å². The maximum absolute atomic E-state index is 11.4. The van der Waals surface area contributed by atoms with Crippen molar-refractivity contribution in [2.45, 2.75) is 40.2 Å². The Morgan fingerprint density at radius 2 is 1.71 bits per heavy atom. The summed E-state index contributed by atoms with van der Waals surface area (Å²) >= 11 is 0. The van der Waals surface area contributed by atoms with Gasteiger partial charge in [-0.15, -0.1) is 0 Å². The summed E-state index contributed by atoms with van der Waals surface area (Å²) in [5, 5.41) is 2.63. The second-order valence-corrected chi connectivity index (χ2v) is 4.29. The highest BCUT2D eigenvalue weighted by molar-refractivity contribution is 5.86. The van der Waals surface area contributed by atoms with Crippen molar-refractivity contribution in [2.75, 3.05) is 0 Å². The number of nitrogens with one attached hydrogen (secondary N) is 1. The SMILES string of the molecule is CC(C)CC(=O)NC(C(N)=O)C(C)C. The number of nitrogens with two attached hydrogens (primary N) is 1. The van der Waals surface area contributed by atoms with E-state index in [9.17, 15) is 9.59 Å². The second-order valence-electron chi connectivity index (χ2n) is 4.29. The van der Waals surface area contributed by atoms with Crippen LogP contribution in [0.1, 0.15) is 34.1 Å². The van der Waals surface area contributed by atoms with Crippen LogP contribution in [-0.4, -0.2) is 17.9 Å². The molecule has 0 rings (SSSR count). The first-order chi connectivity index (χ1) is 6.34. The van der Waals surface area contributed by atoms with Gasteiger partial charge in [-0.3, -0.25) is 9.59 Å². The van der Waals surface area contributed by atoms with Gasteiger partial charge in [-0.05, 0) is 11.8 Å². The van der Waals surface area contributed by atoms with E-state index in [1.165, 1.54) is 0 Å². The number of carbonyl (C=O) groups is 2.